The lowest BCUT2D eigenvalue weighted by molar-refractivity contribution is 0.0847. The van der Waals surface area contributed by atoms with Crippen LogP contribution in [-0.4, -0.2) is 29.2 Å². The number of anilines is 1. The largest absolute Gasteiger partial charge is 0.372 e. The van der Waals surface area contributed by atoms with Gasteiger partial charge in [0.1, 0.15) is 5.82 Å². The average molecular weight is 262 g/mol. The van der Waals surface area contributed by atoms with Crippen molar-refractivity contribution in [3.8, 4) is 0 Å². The molecule has 1 aromatic rings. The normalized spacial score (nSPS) is 21.7. The highest BCUT2D eigenvalue weighted by Crippen LogP contribution is 2.35. The Hall–Kier alpha value is -1.65. The maximum atomic E-state index is 12.2. The Morgan fingerprint density at radius 1 is 1.32 bits per heavy atom. The summed E-state index contributed by atoms with van der Waals surface area (Å²) in [6.07, 6.45) is 4.62. The summed E-state index contributed by atoms with van der Waals surface area (Å²) in [6, 6.07) is 3.68. The number of hydrogen-bond acceptors (Lipinski definition) is 4. The SMILES string of the molecule is CNc1ccc(C(=O)NC2CCCCC2(C)C)nn1. The number of nitrogens with one attached hydrogen (secondary N) is 2. The summed E-state index contributed by atoms with van der Waals surface area (Å²) in [5, 5.41) is 13.8. The summed E-state index contributed by atoms with van der Waals surface area (Å²) in [6.45, 7) is 4.43. The van der Waals surface area contributed by atoms with Crippen molar-refractivity contribution in [2.75, 3.05) is 12.4 Å². The van der Waals surface area contributed by atoms with E-state index in [9.17, 15) is 4.79 Å². The number of nitrogens with zero attached hydrogens (tertiary/aromatic N) is 2. The standard InChI is InChI=1S/C14H22N4O/c1-14(2)9-5-4-6-11(14)16-13(19)10-7-8-12(15-3)18-17-10/h7-8,11H,4-6,9H2,1-3H3,(H,15,18)(H,16,19). The number of hydrogen-bond donors (Lipinski definition) is 2. The van der Waals surface area contributed by atoms with Crippen LogP contribution in [0.25, 0.3) is 0 Å². The smallest absolute Gasteiger partial charge is 0.272 e. The van der Waals surface area contributed by atoms with E-state index in [0.29, 0.717) is 11.5 Å². The van der Waals surface area contributed by atoms with Crippen LogP contribution in [0.3, 0.4) is 0 Å². The van der Waals surface area contributed by atoms with Gasteiger partial charge in [-0.15, -0.1) is 10.2 Å². The van der Waals surface area contributed by atoms with Gasteiger partial charge < -0.3 is 10.6 Å². The highest BCUT2D eigenvalue weighted by molar-refractivity contribution is 5.92. The molecule has 1 atom stereocenters. The second-order valence-electron chi connectivity index (χ2n) is 5.81. The Labute approximate surface area is 114 Å². The van der Waals surface area contributed by atoms with Crippen molar-refractivity contribution in [1.82, 2.24) is 15.5 Å². The summed E-state index contributed by atoms with van der Waals surface area (Å²) >= 11 is 0. The molecule has 1 aliphatic carbocycles. The lowest BCUT2D eigenvalue weighted by atomic mass is 9.73. The maximum Gasteiger partial charge on any atom is 0.272 e. The van der Waals surface area contributed by atoms with Crippen molar-refractivity contribution >= 4 is 11.7 Å². The van der Waals surface area contributed by atoms with Crippen LogP contribution in [0.1, 0.15) is 50.0 Å². The second-order valence-corrected chi connectivity index (χ2v) is 5.81. The van der Waals surface area contributed by atoms with E-state index in [0.717, 1.165) is 12.8 Å². The lowest BCUT2D eigenvalue weighted by Crippen LogP contribution is -2.47. The summed E-state index contributed by atoms with van der Waals surface area (Å²) in [4.78, 5) is 12.2. The molecule has 0 spiro atoms. The van der Waals surface area contributed by atoms with Crippen molar-refractivity contribution in [1.29, 1.82) is 0 Å². The first-order chi connectivity index (χ1) is 9.03. The fourth-order valence-corrected chi connectivity index (χ4v) is 2.58. The van der Waals surface area contributed by atoms with E-state index < -0.39 is 0 Å². The van der Waals surface area contributed by atoms with Crippen molar-refractivity contribution in [3.63, 3.8) is 0 Å². The number of aromatic nitrogens is 2. The molecule has 1 aromatic heterocycles. The molecule has 0 aliphatic heterocycles. The van der Waals surface area contributed by atoms with Crippen LogP contribution in [0.2, 0.25) is 0 Å². The molecule has 0 bridgehead atoms. The van der Waals surface area contributed by atoms with Crippen LogP contribution in [0.15, 0.2) is 12.1 Å². The Morgan fingerprint density at radius 2 is 2.11 bits per heavy atom. The molecule has 1 unspecified atom stereocenters. The van der Waals surface area contributed by atoms with Gasteiger partial charge in [-0.2, -0.15) is 0 Å². The molecule has 19 heavy (non-hydrogen) atoms. The van der Waals surface area contributed by atoms with Crippen LogP contribution >= 0.6 is 0 Å². The van der Waals surface area contributed by atoms with Gasteiger partial charge in [0.05, 0.1) is 0 Å². The third kappa shape index (κ3) is 3.22. The molecule has 0 aromatic carbocycles. The summed E-state index contributed by atoms with van der Waals surface area (Å²) in [5.74, 6) is 0.532. The van der Waals surface area contributed by atoms with Crippen LogP contribution in [0.4, 0.5) is 5.82 Å². The van der Waals surface area contributed by atoms with Crippen molar-refractivity contribution in [2.45, 2.75) is 45.6 Å². The summed E-state index contributed by atoms with van der Waals surface area (Å²) in [5.41, 5.74) is 0.534. The fraction of sp³-hybridized carbons (Fsp3) is 0.643. The van der Waals surface area contributed by atoms with Crippen LogP contribution in [0, 0.1) is 5.41 Å². The Morgan fingerprint density at radius 3 is 2.68 bits per heavy atom. The molecular formula is C14H22N4O. The van der Waals surface area contributed by atoms with E-state index in [1.807, 2.05) is 0 Å². The molecule has 5 heteroatoms. The minimum Gasteiger partial charge on any atom is -0.372 e. The molecule has 5 nitrogen and oxygen atoms in total. The molecule has 1 fully saturated rings. The maximum absolute atomic E-state index is 12.2. The van der Waals surface area contributed by atoms with Gasteiger partial charge in [0.15, 0.2) is 5.69 Å². The van der Waals surface area contributed by atoms with E-state index in [4.69, 9.17) is 0 Å². The first-order valence-corrected chi connectivity index (χ1v) is 6.85. The first kappa shape index (κ1) is 13.8. The van der Waals surface area contributed by atoms with Crippen LogP contribution in [0.5, 0.6) is 0 Å². The van der Waals surface area contributed by atoms with Crippen molar-refractivity contribution in [3.05, 3.63) is 17.8 Å². The molecule has 0 saturated heterocycles. The third-order valence-corrected chi connectivity index (χ3v) is 3.97. The lowest BCUT2D eigenvalue weighted by Gasteiger charge is -2.38. The van der Waals surface area contributed by atoms with Gasteiger partial charge in [0, 0.05) is 13.1 Å². The Bertz CT molecular complexity index is 441. The fourth-order valence-electron chi connectivity index (χ4n) is 2.58. The Kier molecular flexibility index (Phi) is 4.02. The quantitative estimate of drug-likeness (QED) is 0.876. The molecule has 104 valence electrons. The van der Waals surface area contributed by atoms with Crippen LogP contribution < -0.4 is 10.6 Å². The number of carbonyl (C=O) groups is 1. The Balaban J connectivity index is 2.03. The highest BCUT2D eigenvalue weighted by Gasteiger charge is 2.33. The van der Waals surface area contributed by atoms with E-state index in [2.05, 4.69) is 34.7 Å². The van der Waals surface area contributed by atoms with E-state index in [-0.39, 0.29) is 17.4 Å². The summed E-state index contributed by atoms with van der Waals surface area (Å²) in [7, 11) is 1.77. The molecule has 2 N–H and O–H groups in total. The summed E-state index contributed by atoms with van der Waals surface area (Å²) < 4.78 is 0. The zero-order chi connectivity index (χ0) is 13.9. The van der Waals surface area contributed by atoms with Gasteiger partial charge in [-0.05, 0) is 30.4 Å². The second kappa shape index (κ2) is 5.55. The minimum atomic E-state index is -0.130. The topological polar surface area (TPSA) is 66.9 Å². The van der Waals surface area contributed by atoms with E-state index in [1.54, 1.807) is 19.2 Å². The van der Waals surface area contributed by atoms with Crippen molar-refractivity contribution < 1.29 is 4.79 Å². The van der Waals surface area contributed by atoms with Gasteiger partial charge in [0.25, 0.3) is 5.91 Å². The minimum absolute atomic E-state index is 0.130. The van der Waals surface area contributed by atoms with E-state index >= 15 is 0 Å². The molecule has 1 heterocycles. The first-order valence-electron chi connectivity index (χ1n) is 6.85. The van der Waals surface area contributed by atoms with Gasteiger partial charge in [-0.3, -0.25) is 4.79 Å². The zero-order valence-electron chi connectivity index (χ0n) is 11.9. The zero-order valence-corrected chi connectivity index (χ0v) is 11.9. The highest BCUT2D eigenvalue weighted by atomic mass is 16.2. The molecule has 0 radical (unpaired) electrons. The molecule has 1 saturated carbocycles. The predicted molar refractivity (Wildman–Crippen MR) is 75.1 cm³/mol. The van der Waals surface area contributed by atoms with Gasteiger partial charge in [0.2, 0.25) is 0 Å². The third-order valence-electron chi connectivity index (χ3n) is 3.97. The molecule has 2 rings (SSSR count). The average Bonchev–Trinajstić information content (AvgIpc) is 2.41. The molecule has 1 amide bonds. The van der Waals surface area contributed by atoms with Gasteiger partial charge in [-0.25, -0.2) is 0 Å². The van der Waals surface area contributed by atoms with E-state index in [1.165, 1.54) is 12.8 Å². The number of rotatable bonds is 3. The predicted octanol–water partition coefficient (Wildman–Crippen LogP) is 2.22. The molecule has 1 aliphatic rings. The number of carbonyl (C=O) groups excluding carboxylic acids is 1. The van der Waals surface area contributed by atoms with Crippen molar-refractivity contribution in [2.24, 2.45) is 5.41 Å². The van der Waals surface area contributed by atoms with Gasteiger partial charge >= 0.3 is 0 Å². The van der Waals surface area contributed by atoms with Gasteiger partial charge in [-0.1, -0.05) is 26.7 Å². The monoisotopic (exact) mass is 262 g/mol. The molecular weight excluding hydrogens is 240 g/mol. The number of amides is 1. The van der Waals surface area contributed by atoms with Crippen LogP contribution in [-0.2, 0) is 0 Å².